The summed E-state index contributed by atoms with van der Waals surface area (Å²) < 4.78 is 24.0. The molecule has 0 saturated carbocycles. The predicted molar refractivity (Wildman–Crippen MR) is 63.6 cm³/mol. The Morgan fingerprint density at radius 1 is 1.35 bits per heavy atom. The molecule has 0 aliphatic rings. The molecule has 0 aliphatic carbocycles. The van der Waals surface area contributed by atoms with Crippen molar-refractivity contribution in [2.75, 3.05) is 19.8 Å². The fourth-order valence-corrected chi connectivity index (χ4v) is 1.43. The lowest BCUT2D eigenvalue weighted by Crippen LogP contribution is -2.03. The third-order valence-electron chi connectivity index (χ3n) is 2.33. The molecule has 0 heterocycles. The van der Waals surface area contributed by atoms with Gasteiger partial charge in [-0.2, -0.15) is 0 Å². The van der Waals surface area contributed by atoms with Crippen molar-refractivity contribution in [1.82, 2.24) is 0 Å². The third-order valence-corrected chi connectivity index (χ3v) is 2.33. The zero-order valence-corrected chi connectivity index (χ0v) is 10.3. The van der Waals surface area contributed by atoms with E-state index in [1.807, 2.05) is 6.92 Å². The molecule has 1 aromatic carbocycles. The Balaban J connectivity index is 2.42. The molecule has 17 heavy (non-hydrogen) atoms. The summed E-state index contributed by atoms with van der Waals surface area (Å²) in [4.78, 5) is 0. The zero-order valence-electron chi connectivity index (χ0n) is 10.3. The Labute approximate surface area is 101 Å². The molecule has 1 rings (SSSR count). The first-order valence-electron chi connectivity index (χ1n) is 5.83. The number of aliphatic hydroxyl groups is 1. The average molecular weight is 242 g/mol. The van der Waals surface area contributed by atoms with Gasteiger partial charge in [-0.15, -0.1) is 0 Å². The molecule has 0 unspecified atom stereocenters. The summed E-state index contributed by atoms with van der Waals surface area (Å²) in [5.74, 6) is 0.0331. The first-order chi connectivity index (χ1) is 8.15. The Bertz CT molecular complexity index is 339. The van der Waals surface area contributed by atoms with Crippen molar-refractivity contribution in [1.29, 1.82) is 0 Å². The Hall–Kier alpha value is -1.13. The van der Waals surface area contributed by atoms with Crippen LogP contribution in [0.15, 0.2) is 18.2 Å². The highest BCUT2D eigenvalue weighted by atomic mass is 19.1. The van der Waals surface area contributed by atoms with Crippen molar-refractivity contribution in [3.63, 3.8) is 0 Å². The lowest BCUT2D eigenvalue weighted by atomic mass is 10.1. The van der Waals surface area contributed by atoms with Crippen molar-refractivity contribution in [3.8, 4) is 5.75 Å². The van der Waals surface area contributed by atoms with E-state index in [4.69, 9.17) is 9.47 Å². The fourth-order valence-electron chi connectivity index (χ4n) is 1.43. The van der Waals surface area contributed by atoms with E-state index < -0.39 is 11.9 Å². The van der Waals surface area contributed by atoms with Crippen molar-refractivity contribution >= 4 is 0 Å². The minimum Gasteiger partial charge on any atom is -0.493 e. The van der Waals surface area contributed by atoms with Gasteiger partial charge in [-0.05, 0) is 26.0 Å². The topological polar surface area (TPSA) is 38.7 Å². The highest BCUT2D eigenvalue weighted by Crippen LogP contribution is 2.21. The molecule has 1 atom stereocenters. The van der Waals surface area contributed by atoms with Crippen molar-refractivity contribution in [2.24, 2.45) is 0 Å². The van der Waals surface area contributed by atoms with Crippen LogP contribution in [0.2, 0.25) is 0 Å². The maximum absolute atomic E-state index is 13.5. The standard InChI is InChI=1S/C13H19FO3/c1-3-16-7-4-8-17-11-5-6-12(10(2)15)13(14)9-11/h5-6,9-10,15H,3-4,7-8H2,1-2H3/t10-/m0/s1. The second-order valence-corrected chi connectivity index (χ2v) is 3.76. The van der Waals surface area contributed by atoms with Crippen LogP contribution in [0.3, 0.4) is 0 Å². The minimum absolute atomic E-state index is 0.284. The van der Waals surface area contributed by atoms with Crippen LogP contribution < -0.4 is 4.74 Å². The Morgan fingerprint density at radius 3 is 2.71 bits per heavy atom. The van der Waals surface area contributed by atoms with Crippen molar-refractivity contribution in [3.05, 3.63) is 29.6 Å². The normalized spacial score (nSPS) is 12.5. The van der Waals surface area contributed by atoms with Gasteiger partial charge in [0.1, 0.15) is 11.6 Å². The van der Waals surface area contributed by atoms with Crippen LogP contribution in [0.1, 0.15) is 31.9 Å². The average Bonchev–Trinajstić information content (AvgIpc) is 2.28. The molecule has 1 N–H and O–H groups in total. The molecular formula is C13H19FO3. The van der Waals surface area contributed by atoms with Gasteiger partial charge in [0.2, 0.25) is 0 Å². The van der Waals surface area contributed by atoms with Crippen LogP contribution in [-0.2, 0) is 4.74 Å². The Morgan fingerprint density at radius 2 is 2.12 bits per heavy atom. The Kier molecular flexibility index (Phi) is 5.94. The summed E-state index contributed by atoms with van der Waals surface area (Å²) in [5, 5.41) is 9.27. The van der Waals surface area contributed by atoms with Crippen LogP contribution in [-0.4, -0.2) is 24.9 Å². The van der Waals surface area contributed by atoms with Gasteiger partial charge in [-0.25, -0.2) is 4.39 Å². The highest BCUT2D eigenvalue weighted by molar-refractivity contribution is 5.29. The van der Waals surface area contributed by atoms with Gasteiger partial charge in [0.05, 0.1) is 12.7 Å². The van der Waals surface area contributed by atoms with Gasteiger partial charge >= 0.3 is 0 Å². The quantitative estimate of drug-likeness (QED) is 0.747. The van der Waals surface area contributed by atoms with Crippen LogP contribution >= 0.6 is 0 Å². The first kappa shape index (κ1) is 13.9. The molecule has 96 valence electrons. The highest BCUT2D eigenvalue weighted by Gasteiger charge is 2.08. The molecule has 0 saturated heterocycles. The van der Waals surface area contributed by atoms with Crippen LogP contribution in [0.5, 0.6) is 5.75 Å². The summed E-state index contributed by atoms with van der Waals surface area (Å²) in [6.07, 6.45) is -0.0323. The second kappa shape index (κ2) is 7.25. The lowest BCUT2D eigenvalue weighted by molar-refractivity contribution is 0.130. The number of hydrogen-bond acceptors (Lipinski definition) is 3. The predicted octanol–water partition coefficient (Wildman–Crippen LogP) is 2.68. The summed E-state index contributed by atoms with van der Waals surface area (Å²) >= 11 is 0. The smallest absolute Gasteiger partial charge is 0.132 e. The van der Waals surface area contributed by atoms with E-state index in [0.29, 0.717) is 25.6 Å². The summed E-state index contributed by atoms with van der Waals surface area (Å²) in [6.45, 7) is 5.29. The third kappa shape index (κ3) is 4.71. The number of aliphatic hydroxyl groups excluding tert-OH is 1. The van der Waals surface area contributed by atoms with Gasteiger partial charge in [-0.3, -0.25) is 0 Å². The van der Waals surface area contributed by atoms with Crippen molar-refractivity contribution in [2.45, 2.75) is 26.4 Å². The number of ether oxygens (including phenoxy) is 2. The van der Waals surface area contributed by atoms with Crippen molar-refractivity contribution < 1.29 is 19.0 Å². The van der Waals surface area contributed by atoms with Gasteiger partial charge in [0.15, 0.2) is 0 Å². The molecule has 0 radical (unpaired) electrons. The van der Waals surface area contributed by atoms with E-state index in [1.165, 1.54) is 19.1 Å². The summed E-state index contributed by atoms with van der Waals surface area (Å²) in [6, 6.07) is 4.49. The van der Waals surface area contributed by atoms with Gasteiger partial charge in [0.25, 0.3) is 0 Å². The number of benzene rings is 1. The maximum atomic E-state index is 13.5. The first-order valence-corrected chi connectivity index (χ1v) is 5.83. The number of halogens is 1. The molecule has 0 fully saturated rings. The van der Waals surface area contributed by atoms with Gasteiger partial charge in [-0.1, -0.05) is 0 Å². The monoisotopic (exact) mass is 242 g/mol. The molecule has 4 heteroatoms. The van der Waals surface area contributed by atoms with Crippen LogP contribution in [0, 0.1) is 5.82 Å². The van der Waals surface area contributed by atoms with E-state index in [1.54, 1.807) is 6.07 Å². The lowest BCUT2D eigenvalue weighted by Gasteiger charge is -2.10. The van der Waals surface area contributed by atoms with Crippen LogP contribution in [0.4, 0.5) is 4.39 Å². The summed E-state index contributed by atoms with van der Waals surface area (Å²) in [5.41, 5.74) is 0.284. The van der Waals surface area contributed by atoms with E-state index in [0.717, 1.165) is 6.42 Å². The van der Waals surface area contributed by atoms with E-state index in [9.17, 15) is 9.50 Å². The minimum atomic E-state index is -0.804. The van der Waals surface area contributed by atoms with E-state index in [-0.39, 0.29) is 5.56 Å². The van der Waals surface area contributed by atoms with Gasteiger partial charge < -0.3 is 14.6 Å². The number of hydrogen-bond donors (Lipinski definition) is 1. The SMILES string of the molecule is CCOCCCOc1ccc([C@H](C)O)c(F)c1. The molecule has 3 nitrogen and oxygen atoms in total. The zero-order chi connectivity index (χ0) is 12.7. The molecule has 0 aromatic heterocycles. The summed E-state index contributed by atoms with van der Waals surface area (Å²) in [7, 11) is 0. The largest absolute Gasteiger partial charge is 0.493 e. The maximum Gasteiger partial charge on any atom is 0.132 e. The molecular weight excluding hydrogens is 223 g/mol. The fraction of sp³-hybridized carbons (Fsp3) is 0.538. The number of rotatable bonds is 7. The second-order valence-electron chi connectivity index (χ2n) is 3.76. The molecule has 0 spiro atoms. The van der Waals surface area contributed by atoms with E-state index in [2.05, 4.69) is 0 Å². The molecule has 0 bridgehead atoms. The van der Waals surface area contributed by atoms with E-state index >= 15 is 0 Å². The van der Waals surface area contributed by atoms with Gasteiger partial charge in [0, 0.05) is 31.3 Å². The molecule has 0 aliphatic heterocycles. The van der Waals surface area contributed by atoms with Crippen LogP contribution in [0.25, 0.3) is 0 Å². The molecule has 1 aromatic rings. The molecule has 0 amide bonds.